The van der Waals surface area contributed by atoms with Crippen molar-refractivity contribution in [1.29, 1.82) is 0 Å². The van der Waals surface area contributed by atoms with Gasteiger partial charge in [-0.25, -0.2) is 0 Å². The average Bonchev–Trinajstić information content (AvgIpc) is 2.17. The lowest BCUT2D eigenvalue weighted by Crippen LogP contribution is -2.10. The summed E-state index contributed by atoms with van der Waals surface area (Å²) in [6, 6.07) is 7.37. The van der Waals surface area contributed by atoms with Gasteiger partial charge in [-0.2, -0.15) is 0 Å². The van der Waals surface area contributed by atoms with Gasteiger partial charge in [-0.05, 0) is 24.1 Å². The van der Waals surface area contributed by atoms with E-state index in [1.54, 1.807) is 6.07 Å². The zero-order valence-electron chi connectivity index (χ0n) is 9.20. The van der Waals surface area contributed by atoms with Crippen molar-refractivity contribution in [3.05, 3.63) is 29.3 Å². The van der Waals surface area contributed by atoms with Crippen molar-refractivity contribution in [2.45, 2.75) is 13.8 Å². The van der Waals surface area contributed by atoms with Gasteiger partial charge in [-0.15, -0.1) is 0 Å². The molecular weight excluding hydrogens is 212 g/mol. The van der Waals surface area contributed by atoms with E-state index in [2.05, 4.69) is 13.8 Å². The molecule has 1 aromatic carbocycles. The lowest BCUT2D eigenvalue weighted by Gasteiger charge is -2.08. The predicted octanol–water partition coefficient (Wildman–Crippen LogP) is 3.39. The number of ether oxygens (including phenoxy) is 2. The first-order valence-electron chi connectivity index (χ1n) is 5.14. The van der Waals surface area contributed by atoms with Gasteiger partial charge in [0, 0.05) is 11.6 Å². The van der Waals surface area contributed by atoms with Gasteiger partial charge in [-0.1, -0.05) is 31.5 Å². The van der Waals surface area contributed by atoms with E-state index in [1.165, 1.54) is 0 Å². The van der Waals surface area contributed by atoms with Crippen LogP contribution in [0.2, 0.25) is 5.02 Å². The molecule has 0 radical (unpaired) electrons. The highest BCUT2D eigenvalue weighted by molar-refractivity contribution is 6.30. The van der Waals surface area contributed by atoms with E-state index in [9.17, 15) is 0 Å². The van der Waals surface area contributed by atoms with Crippen molar-refractivity contribution in [2.24, 2.45) is 5.92 Å². The van der Waals surface area contributed by atoms with Crippen molar-refractivity contribution >= 4 is 11.6 Å². The Bertz CT molecular complexity index is 287. The molecule has 0 saturated heterocycles. The van der Waals surface area contributed by atoms with Gasteiger partial charge in [-0.3, -0.25) is 0 Å². The first kappa shape index (κ1) is 12.3. The minimum Gasteiger partial charge on any atom is -0.491 e. The maximum Gasteiger partial charge on any atom is 0.120 e. The molecule has 15 heavy (non-hydrogen) atoms. The largest absolute Gasteiger partial charge is 0.491 e. The van der Waals surface area contributed by atoms with Gasteiger partial charge in [0.25, 0.3) is 0 Å². The maximum atomic E-state index is 5.82. The van der Waals surface area contributed by atoms with E-state index in [0.717, 1.165) is 12.4 Å². The van der Waals surface area contributed by atoms with Crippen LogP contribution < -0.4 is 4.74 Å². The molecule has 2 nitrogen and oxygen atoms in total. The topological polar surface area (TPSA) is 18.5 Å². The van der Waals surface area contributed by atoms with Gasteiger partial charge < -0.3 is 9.47 Å². The summed E-state index contributed by atoms with van der Waals surface area (Å²) >= 11 is 5.82. The molecule has 0 spiro atoms. The fourth-order valence-electron chi connectivity index (χ4n) is 1.09. The summed E-state index contributed by atoms with van der Waals surface area (Å²) in [5.74, 6) is 1.35. The summed E-state index contributed by atoms with van der Waals surface area (Å²) in [5.41, 5.74) is 0. The number of hydrogen-bond acceptors (Lipinski definition) is 2. The lowest BCUT2D eigenvalue weighted by molar-refractivity contribution is 0.0819. The first-order valence-corrected chi connectivity index (χ1v) is 5.52. The molecule has 0 N–H and O–H groups in total. The number of rotatable bonds is 6. The van der Waals surface area contributed by atoms with Gasteiger partial charge in [0.1, 0.15) is 12.4 Å². The standard InChI is InChI=1S/C12H17ClO2/c1-10(2)9-14-6-7-15-12-5-3-4-11(13)8-12/h3-5,8,10H,6-7,9H2,1-2H3. The normalized spacial score (nSPS) is 10.7. The minimum atomic E-state index is 0.563. The van der Waals surface area contributed by atoms with Crippen LogP contribution in [-0.2, 0) is 4.74 Å². The molecule has 0 aliphatic carbocycles. The maximum absolute atomic E-state index is 5.82. The quantitative estimate of drug-likeness (QED) is 0.695. The molecule has 0 unspecified atom stereocenters. The Morgan fingerprint density at radius 2 is 2.07 bits per heavy atom. The van der Waals surface area contributed by atoms with Crippen LogP contribution in [0.5, 0.6) is 5.75 Å². The van der Waals surface area contributed by atoms with E-state index in [1.807, 2.05) is 18.2 Å². The van der Waals surface area contributed by atoms with Crippen molar-refractivity contribution in [2.75, 3.05) is 19.8 Å². The molecule has 3 heteroatoms. The molecule has 0 aliphatic rings. The van der Waals surface area contributed by atoms with Gasteiger partial charge in [0.2, 0.25) is 0 Å². The molecule has 0 saturated carbocycles. The Morgan fingerprint density at radius 3 is 2.73 bits per heavy atom. The highest BCUT2D eigenvalue weighted by atomic mass is 35.5. The molecule has 0 atom stereocenters. The molecule has 0 fully saturated rings. The van der Waals surface area contributed by atoms with Crippen LogP contribution in [0.25, 0.3) is 0 Å². The third-order valence-electron chi connectivity index (χ3n) is 1.74. The second-order valence-electron chi connectivity index (χ2n) is 3.77. The smallest absolute Gasteiger partial charge is 0.120 e. The van der Waals surface area contributed by atoms with Gasteiger partial charge in [0.15, 0.2) is 0 Å². The Kier molecular flexibility index (Phi) is 5.51. The Hall–Kier alpha value is -0.730. The number of benzene rings is 1. The van der Waals surface area contributed by atoms with Gasteiger partial charge in [0.05, 0.1) is 6.61 Å². The van der Waals surface area contributed by atoms with Crippen molar-refractivity contribution in [1.82, 2.24) is 0 Å². The summed E-state index contributed by atoms with van der Waals surface area (Å²) in [7, 11) is 0. The van der Waals surface area contributed by atoms with Crippen molar-refractivity contribution in [3.63, 3.8) is 0 Å². The van der Waals surface area contributed by atoms with E-state index >= 15 is 0 Å². The lowest BCUT2D eigenvalue weighted by atomic mass is 10.2. The molecule has 0 aliphatic heterocycles. The summed E-state index contributed by atoms with van der Waals surface area (Å²) in [4.78, 5) is 0. The Morgan fingerprint density at radius 1 is 1.27 bits per heavy atom. The molecule has 0 amide bonds. The fourth-order valence-corrected chi connectivity index (χ4v) is 1.27. The van der Waals surface area contributed by atoms with Crippen LogP contribution in [0.4, 0.5) is 0 Å². The van der Waals surface area contributed by atoms with Crippen molar-refractivity contribution in [3.8, 4) is 5.75 Å². The van der Waals surface area contributed by atoms with Crippen LogP contribution >= 0.6 is 11.6 Å². The first-order chi connectivity index (χ1) is 7.18. The monoisotopic (exact) mass is 228 g/mol. The molecule has 1 rings (SSSR count). The highest BCUT2D eigenvalue weighted by Crippen LogP contribution is 2.16. The minimum absolute atomic E-state index is 0.563. The summed E-state index contributed by atoms with van der Waals surface area (Å²) in [5, 5.41) is 0.690. The molecular formula is C12H17ClO2. The van der Waals surface area contributed by atoms with Crippen LogP contribution in [-0.4, -0.2) is 19.8 Å². The second kappa shape index (κ2) is 6.70. The summed E-state index contributed by atoms with van der Waals surface area (Å²) in [6.07, 6.45) is 0. The summed E-state index contributed by atoms with van der Waals surface area (Å²) < 4.78 is 10.8. The van der Waals surface area contributed by atoms with E-state index in [-0.39, 0.29) is 0 Å². The summed E-state index contributed by atoms with van der Waals surface area (Å²) in [6.45, 7) is 6.20. The molecule has 1 aromatic rings. The van der Waals surface area contributed by atoms with Crippen LogP contribution in [0, 0.1) is 5.92 Å². The van der Waals surface area contributed by atoms with E-state index in [0.29, 0.717) is 24.2 Å². The number of halogens is 1. The predicted molar refractivity (Wildman–Crippen MR) is 62.6 cm³/mol. The second-order valence-corrected chi connectivity index (χ2v) is 4.21. The van der Waals surface area contributed by atoms with Crippen molar-refractivity contribution < 1.29 is 9.47 Å². The fraction of sp³-hybridized carbons (Fsp3) is 0.500. The SMILES string of the molecule is CC(C)COCCOc1cccc(Cl)c1. The van der Waals surface area contributed by atoms with Crippen LogP contribution in [0.3, 0.4) is 0 Å². The molecule has 84 valence electrons. The van der Waals surface area contributed by atoms with E-state index < -0.39 is 0 Å². The molecule has 0 heterocycles. The average molecular weight is 229 g/mol. The molecule has 0 bridgehead atoms. The van der Waals surface area contributed by atoms with Gasteiger partial charge >= 0.3 is 0 Å². The zero-order chi connectivity index (χ0) is 11.1. The zero-order valence-corrected chi connectivity index (χ0v) is 9.96. The van der Waals surface area contributed by atoms with Crippen LogP contribution in [0.15, 0.2) is 24.3 Å². The molecule has 0 aromatic heterocycles. The van der Waals surface area contributed by atoms with E-state index in [4.69, 9.17) is 21.1 Å². The Balaban J connectivity index is 2.15. The highest BCUT2D eigenvalue weighted by Gasteiger charge is 1.96. The third-order valence-corrected chi connectivity index (χ3v) is 1.98. The van der Waals surface area contributed by atoms with Crippen LogP contribution in [0.1, 0.15) is 13.8 Å². The third kappa shape index (κ3) is 5.65. The Labute approximate surface area is 96.2 Å². The number of hydrogen-bond donors (Lipinski definition) is 0.